The van der Waals surface area contributed by atoms with Gasteiger partial charge in [0.25, 0.3) is 0 Å². The van der Waals surface area contributed by atoms with Crippen LogP contribution >= 0.6 is 0 Å². The normalized spacial score (nSPS) is 12.3. The molecular formula is C22H28F6N2O3. The lowest BCUT2D eigenvalue weighted by molar-refractivity contribution is -0.143. The molecular weight excluding hydrogens is 454 g/mol. The van der Waals surface area contributed by atoms with Gasteiger partial charge in [0.1, 0.15) is 0 Å². The molecule has 0 radical (unpaired) electrons. The molecule has 2 rings (SSSR count). The first kappa shape index (κ1) is 26.8. The van der Waals surface area contributed by atoms with Crippen molar-refractivity contribution < 1.29 is 35.5 Å². The lowest BCUT2D eigenvalue weighted by Crippen LogP contribution is -2.17. The minimum Gasteiger partial charge on any atom is -0.449 e. The van der Waals surface area contributed by atoms with Crippen LogP contribution in [0.5, 0.6) is 6.08 Å². The van der Waals surface area contributed by atoms with E-state index in [4.69, 9.17) is 9.15 Å². The molecule has 0 saturated heterocycles. The Hall–Kier alpha value is -2.46. The van der Waals surface area contributed by atoms with Gasteiger partial charge in [-0.2, -0.15) is 31.0 Å². The largest absolute Gasteiger partial charge is 0.449 e. The van der Waals surface area contributed by atoms with Crippen LogP contribution in [0.15, 0.2) is 27.4 Å². The van der Waals surface area contributed by atoms with Crippen molar-refractivity contribution in [3.63, 3.8) is 0 Å². The van der Waals surface area contributed by atoms with Gasteiger partial charge in [-0.25, -0.2) is 4.79 Å². The highest BCUT2D eigenvalue weighted by atomic mass is 19.4. The monoisotopic (exact) mass is 482 g/mol. The molecule has 186 valence electrons. The van der Waals surface area contributed by atoms with E-state index < -0.39 is 41.0 Å². The maximum Gasteiger partial charge on any atom is 0.444 e. The van der Waals surface area contributed by atoms with Crippen LogP contribution in [0.25, 0.3) is 5.69 Å². The van der Waals surface area contributed by atoms with Crippen LogP contribution in [0, 0.1) is 0 Å². The van der Waals surface area contributed by atoms with Crippen LogP contribution < -0.4 is 10.5 Å². The van der Waals surface area contributed by atoms with E-state index in [0.717, 1.165) is 19.3 Å². The maximum atomic E-state index is 13.0. The van der Waals surface area contributed by atoms with Gasteiger partial charge in [-0.1, -0.05) is 69.8 Å². The third-order valence-electron chi connectivity index (χ3n) is 5.07. The summed E-state index contributed by atoms with van der Waals surface area (Å²) in [6.45, 7) is 2.33. The number of alkyl halides is 6. The third-order valence-corrected chi connectivity index (χ3v) is 5.07. The fraction of sp³-hybridized carbons (Fsp3) is 0.636. The van der Waals surface area contributed by atoms with Gasteiger partial charge in [-0.3, -0.25) is 0 Å². The highest BCUT2D eigenvalue weighted by Crippen LogP contribution is 2.36. The zero-order valence-corrected chi connectivity index (χ0v) is 18.4. The van der Waals surface area contributed by atoms with E-state index in [-0.39, 0.29) is 12.7 Å². The topological polar surface area (TPSA) is 57.3 Å². The van der Waals surface area contributed by atoms with Crippen molar-refractivity contribution in [2.45, 2.75) is 83.5 Å². The molecule has 0 N–H and O–H groups in total. The zero-order chi connectivity index (χ0) is 24.5. The smallest absolute Gasteiger partial charge is 0.444 e. The summed E-state index contributed by atoms with van der Waals surface area (Å²) in [5.41, 5.74) is -3.84. The van der Waals surface area contributed by atoms with Crippen molar-refractivity contribution in [3.8, 4) is 11.8 Å². The summed E-state index contributed by atoms with van der Waals surface area (Å²) in [6.07, 6.45) is 0.412. The van der Waals surface area contributed by atoms with Crippen molar-refractivity contribution in [3.05, 3.63) is 39.9 Å². The van der Waals surface area contributed by atoms with Crippen LogP contribution in [0.3, 0.4) is 0 Å². The first-order chi connectivity index (χ1) is 15.5. The summed E-state index contributed by atoms with van der Waals surface area (Å²) < 4.78 is 88.4. The van der Waals surface area contributed by atoms with Crippen LogP contribution in [0.4, 0.5) is 26.3 Å². The lowest BCUT2D eigenvalue weighted by atomic mass is 10.1. The van der Waals surface area contributed by atoms with Crippen molar-refractivity contribution >= 4 is 0 Å². The molecule has 0 saturated carbocycles. The number of unbranched alkanes of at least 4 members (excludes halogenated alkanes) is 9. The summed E-state index contributed by atoms with van der Waals surface area (Å²) in [7, 11) is 0. The minimum atomic E-state index is -5.04. The number of hydrogen-bond donors (Lipinski definition) is 0. The minimum absolute atomic E-state index is 0.0305. The Balaban J connectivity index is 1.91. The average Bonchev–Trinajstić information content (AvgIpc) is 3.11. The first-order valence-corrected chi connectivity index (χ1v) is 11.0. The SMILES string of the molecule is CCCCCCCCCCCCOc1nn(-c2cc(C(F)(F)F)cc(C(F)(F)F)c2)c(=O)o1. The Labute approximate surface area is 187 Å². The molecule has 1 heterocycles. The van der Waals surface area contributed by atoms with Crippen LogP contribution in [-0.4, -0.2) is 16.4 Å². The predicted octanol–water partition coefficient (Wildman–Crippen LogP) is 7.16. The second-order valence-corrected chi connectivity index (χ2v) is 7.84. The maximum absolute atomic E-state index is 13.0. The standard InChI is InChI=1S/C22H28F6N2O3/c1-2-3-4-5-6-7-8-9-10-11-12-32-19-29-30(20(31)33-19)18-14-16(21(23,24)25)13-17(15-18)22(26,27)28/h13-15H,2-12H2,1H3. The van der Waals surface area contributed by atoms with E-state index in [2.05, 4.69) is 12.0 Å². The molecule has 0 aliphatic heterocycles. The molecule has 11 heteroatoms. The molecule has 0 spiro atoms. The Morgan fingerprint density at radius 3 is 1.79 bits per heavy atom. The zero-order valence-electron chi connectivity index (χ0n) is 18.4. The molecule has 1 aromatic carbocycles. The average molecular weight is 482 g/mol. The molecule has 0 aliphatic carbocycles. The van der Waals surface area contributed by atoms with Gasteiger partial charge in [0, 0.05) is 0 Å². The summed E-state index contributed by atoms with van der Waals surface area (Å²) >= 11 is 0. The van der Waals surface area contributed by atoms with Gasteiger partial charge in [0.15, 0.2) is 0 Å². The summed E-state index contributed by atoms with van der Waals surface area (Å²) in [5.74, 6) is -1.25. The third kappa shape index (κ3) is 8.77. The molecule has 33 heavy (non-hydrogen) atoms. The number of nitrogens with zero attached hydrogens (tertiary/aromatic N) is 2. The summed E-state index contributed by atoms with van der Waals surface area (Å²) in [4.78, 5) is 12.0. The molecule has 0 aliphatic rings. The number of rotatable bonds is 13. The highest BCUT2D eigenvalue weighted by Gasteiger charge is 2.37. The Morgan fingerprint density at radius 1 is 0.818 bits per heavy atom. The van der Waals surface area contributed by atoms with Gasteiger partial charge in [0.2, 0.25) is 0 Å². The van der Waals surface area contributed by atoms with Crippen molar-refractivity contribution in [1.82, 2.24) is 9.78 Å². The van der Waals surface area contributed by atoms with E-state index in [1.165, 1.54) is 38.5 Å². The summed E-state index contributed by atoms with van der Waals surface area (Å²) in [6, 6.07) is 0.758. The second-order valence-electron chi connectivity index (χ2n) is 7.84. The quantitative estimate of drug-likeness (QED) is 0.224. The van der Waals surface area contributed by atoms with Gasteiger partial charge < -0.3 is 9.15 Å². The van der Waals surface area contributed by atoms with Gasteiger partial charge >= 0.3 is 24.2 Å². The fourth-order valence-corrected chi connectivity index (χ4v) is 3.29. The van der Waals surface area contributed by atoms with Crippen LogP contribution in [0.2, 0.25) is 0 Å². The molecule has 0 fully saturated rings. The molecule has 0 atom stereocenters. The first-order valence-electron chi connectivity index (χ1n) is 11.0. The van der Waals surface area contributed by atoms with Crippen molar-refractivity contribution in [1.29, 1.82) is 0 Å². The molecule has 0 bridgehead atoms. The Bertz CT molecular complexity index is 886. The lowest BCUT2D eigenvalue weighted by Gasteiger charge is -2.13. The van der Waals surface area contributed by atoms with Crippen molar-refractivity contribution in [2.75, 3.05) is 6.61 Å². The fourth-order valence-electron chi connectivity index (χ4n) is 3.29. The second kappa shape index (κ2) is 12.1. The molecule has 5 nitrogen and oxygen atoms in total. The number of aromatic nitrogens is 2. The van der Waals surface area contributed by atoms with E-state index in [1.54, 1.807) is 0 Å². The van der Waals surface area contributed by atoms with Gasteiger partial charge in [0.05, 0.1) is 23.4 Å². The molecule has 0 unspecified atom stereocenters. The van der Waals surface area contributed by atoms with Gasteiger partial charge in [-0.05, 0) is 24.6 Å². The Morgan fingerprint density at radius 2 is 1.30 bits per heavy atom. The summed E-state index contributed by atoms with van der Waals surface area (Å²) in [5, 5.41) is 3.59. The highest BCUT2D eigenvalue weighted by molar-refractivity contribution is 5.41. The van der Waals surface area contributed by atoms with E-state index in [0.29, 0.717) is 23.2 Å². The predicted molar refractivity (Wildman–Crippen MR) is 109 cm³/mol. The van der Waals surface area contributed by atoms with Crippen LogP contribution in [0.1, 0.15) is 82.3 Å². The Kier molecular flexibility index (Phi) is 9.85. The van der Waals surface area contributed by atoms with E-state index in [1.807, 2.05) is 0 Å². The number of benzene rings is 1. The van der Waals surface area contributed by atoms with E-state index >= 15 is 0 Å². The van der Waals surface area contributed by atoms with E-state index in [9.17, 15) is 31.1 Å². The molecule has 2 aromatic rings. The molecule has 1 aromatic heterocycles. The number of hydrogen-bond acceptors (Lipinski definition) is 4. The van der Waals surface area contributed by atoms with Crippen molar-refractivity contribution in [2.24, 2.45) is 0 Å². The number of ether oxygens (including phenoxy) is 1. The number of halogens is 6. The van der Waals surface area contributed by atoms with Crippen LogP contribution in [-0.2, 0) is 12.4 Å². The molecule has 0 amide bonds. The van der Waals surface area contributed by atoms with Gasteiger partial charge in [-0.15, -0.1) is 0 Å².